The lowest BCUT2D eigenvalue weighted by Crippen LogP contribution is -2.42. The Balaban J connectivity index is 0.00000320. The number of ether oxygens (including phenoxy) is 2. The van der Waals surface area contributed by atoms with E-state index in [1.54, 1.807) is 21.3 Å². The second kappa shape index (κ2) is 12.0. The van der Waals surface area contributed by atoms with Crippen LogP contribution in [0.15, 0.2) is 39.7 Å². The fraction of sp³-hybridized carbons (Fsp3) is 0.500. The number of hydrogen-bond acceptors (Lipinski definition) is 5. The lowest BCUT2D eigenvalue weighted by Gasteiger charge is -2.26. The van der Waals surface area contributed by atoms with Crippen molar-refractivity contribution in [2.75, 3.05) is 40.9 Å². The zero-order valence-electron chi connectivity index (χ0n) is 18.2. The van der Waals surface area contributed by atoms with Gasteiger partial charge in [0.05, 0.1) is 20.3 Å². The first-order valence-electron chi connectivity index (χ1n) is 10.1. The molecule has 0 bridgehead atoms. The van der Waals surface area contributed by atoms with Gasteiger partial charge in [-0.25, -0.2) is 0 Å². The van der Waals surface area contributed by atoms with Crippen LogP contribution in [0.3, 0.4) is 0 Å². The van der Waals surface area contributed by atoms with Gasteiger partial charge in [-0.3, -0.25) is 9.89 Å². The number of rotatable bonds is 8. The van der Waals surface area contributed by atoms with Crippen molar-refractivity contribution in [3.05, 3.63) is 47.4 Å². The average molecular weight is 528 g/mol. The number of nitrogens with one attached hydrogen (secondary N) is 2. The van der Waals surface area contributed by atoms with Gasteiger partial charge in [0.25, 0.3) is 0 Å². The Morgan fingerprint density at radius 2 is 1.83 bits per heavy atom. The van der Waals surface area contributed by atoms with Crippen molar-refractivity contribution >= 4 is 29.9 Å². The van der Waals surface area contributed by atoms with E-state index in [1.165, 1.54) is 12.8 Å². The fourth-order valence-corrected chi connectivity index (χ4v) is 3.69. The third kappa shape index (κ3) is 6.28. The Labute approximate surface area is 196 Å². The number of nitrogens with zero attached hydrogens (tertiary/aromatic N) is 2. The predicted molar refractivity (Wildman–Crippen MR) is 130 cm³/mol. The van der Waals surface area contributed by atoms with E-state index in [2.05, 4.69) is 26.6 Å². The third-order valence-electron chi connectivity index (χ3n) is 5.27. The first kappa shape index (κ1) is 24.3. The molecular weight excluding hydrogens is 495 g/mol. The summed E-state index contributed by atoms with van der Waals surface area (Å²) in [5.41, 5.74) is 1.09. The van der Waals surface area contributed by atoms with Crippen LogP contribution in [-0.4, -0.2) is 51.8 Å². The number of hydrogen-bond donors (Lipinski definition) is 2. The summed E-state index contributed by atoms with van der Waals surface area (Å²) in [6.45, 7) is 5.56. The molecule has 0 radical (unpaired) electrons. The molecule has 0 amide bonds. The number of methoxy groups -OCH3 is 2. The van der Waals surface area contributed by atoms with E-state index in [-0.39, 0.29) is 30.0 Å². The molecule has 1 aromatic heterocycles. The van der Waals surface area contributed by atoms with E-state index in [1.807, 2.05) is 31.2 Å². The Morgan fingerprint density at radius 1 is 1.10 bits per heavy atom. The summed E-state index contributed by atoms with van der Waals surface area (Å²) in [6.07, 6.45) is 2.48. The third-order valence-corrected chi connectivity index (χ3v) is 5.27. The summed E-state index contributed by atoms with van der Waals surface area (Å²) in [7, 11) is 5.06. The van der Waals surface area contributed by atoms with Gasteiger partial charge in [-0.1, -0.05) is 6.07 Å². The Bertz CT molecular complexity index is 818. The number of aryl methyl sites for hydroxylation is 1. The number of benzene rings is 1. The minimum absolute atomic E-state index is 0. The van der Waals surface area contributed by atoms with E-state index in [4.69, 9.17) is 13.9 Å². The summed E-state index contributed by atoms with van der Waals surface area (Å²) in [5, 5.41) is 6.83. The fourth-order valence-electron chi connectivity index (χ4n) is 3.69. The van der Waals surface area contributed by atoms with E-state index in [0.717, 1.165) is 54.2 Å². The number of guanidine groups is 1. The van der Waals surface area contributed by atoms with Crippen LogP contribution in [0.1, 0.15) is 36.0 Å². The van der Waals surface area contributed by atoms with Crippen LogP contribution in [0, 0.1) is 6.92 Å². The lowest BCUT2D eigenvalue weighted by atomic mass is 10.2. The maximum absolute atomic E-state index is 5.93. The first-order chi connectivity index (χ1) is 14.1. The molecule has 166 valence electrons. The van der Waals surface area contributed by atoms with E-state index in [9.17, 15) is 0 Å². The van der Waals surface area contributed by atoms with Crippen molar-refractivity contribution in [1.82, 2.24) is 15.5 Å². The molecule has 7 nitrogen and oxygen atoms in total. The first-order valence-corrected chi connectivity index (χ1v) is 10.1. The van der Waals surface area contributed by atoms with Crippen molar-refractivity contribution in [2.24, 2.45) is 4.99 Å². The summed E-state index contributed by atoms with van der Waals surface area (Å²) < 4.78 is 16.6. The van der Waals surface area contributed by atoms with Crippen LogP contribution in [0.25, 0.3) is 0 Å². The van der Waals surface area contributed by atoms with Crippen LogP contribution in [-0.2, 0) is 6.54 Å². The number of likely N-dealkylation sites (tertiary alicyclic amines) is 1. The number of halogens is 1. The lowest BCUT2D eigenvalue weighted by molar-refractivity contribution is 0.213. The van der Waals surface area contributed by atoms with Crippen molar-refractivity contribution in [2.45, 2.75) is 32.4 Å². The molecular formula is C22H33IN4O3. The topological polar surface area (TPSA) is 71.3 Å². The predicted octanol–water partition coefficient (Wildman–Crippen LogP) is 3.73. The maximum Gasteiger partial charge on any atom is 0.191 e. The highest BCUT2D eigenvalue weighted by Crippen LogP contribution is 2.28. The maximum atomic E-state index is 5.93. The van der Waals surface area contributed by atoms with Gasteiger partial charge in [-0.15, -0.1) is 24.0 Å². The average Bonchev–Trinajstić information content (AvgIpc) is 3.42. The molecule has 2 aromatic rings. The summed E-state index contributed by atoms with van der Waals surface area (Å²) in [5.74, 6) is 4.15. The molecule has 0 spiro atoms. The molecule has 1 saturated heterocycles. The summed E-state index contributed by atoms with van der Waals surface area (Å²) in [6, 6.07) is 10.2. The van der Waals surface area contributed by atoms with Gasteiger partial charge in [-0.2, -0.15) is 0 Å². The molecule has 3 rings (SSSR count). The highest BCUT2D eigenvalue weighted by molar-refractivity contribution is 14.0. The molecule has 1 aromatic carbocycles. The molecule has 0 aliphatic carbocycles. The van der Waals surface area contributed by atoms with Crippen LogP contribution < -0.4 is 20.1 Å². The van der Waals surface area contributed by atoms with Gasteiger partial charge < -0.3 is 24.5 Å². The van der Waals surface area contributed by atoms with Gasteiger partial charge in [0, 0.05) is 20.1 Å². The molecule has 1 atom stereocenters. The zero-order chi connectivity index (χ0) is 20.6. The number of aliphatic imine (C=N–C) groups is 1. The monoisotopic (exact) mass is 528 g/mol. The van der Waals surface area contributed by atoms with E-state index >= 15 is 0 Å². The van der Waals surface area contributed by atoms with Crippen molar-refractivity contribution in [1.29, 1.82) is 0 Å². The van der Waals surface area contributed by atoms with Gasteiger partial charge in [0.2, 0.25) is 0 Å². The van der Waals surface area contributed by atoms with Crippen LogP contribution >= 0.6 is 24.0 Å². The Morgan fingerprint density at radius 3 is 2.43 bits per heavy atom. The molecule has 2 N–H and O–H groups in total. The van der Waals surface area contributed by atoms with Crippen molar-refractivity contribution < 1.29 is 13.9 Å². The largest absolute Gasteiger partial charge is 0.493 e. The van der Waals surface area contributed by atoms with Gasteiger partial charge in [-0.05, 0) is 62.7 Å². The molecule has 30 heavy (non-hydrogen) atoms. The smallest absolute Gasteiger partial charge is 0.191 e. The van der Waals surface area contributed by atoms with Crippen LogP contribution in [0.5, 0.6) is 11.5 Å². The van der Waals surface area contributed by atoms with E-state index < -0.39 is 0 Å². The second-order valence-electron chi connectivity index (χ2n) is 7.20. The van der Waals surface area contributed by atoms with Gasteiger partial charge in [0.15, 0.2) is 17.5 Å². The summed E-state index contributed by atoms with van der Waals surface area (Å²) in [4.78, 5) is 6.85. The highest BCUT2D eigenvalue weighted by Gasteiger charge is 2.26. The minimum atomic E-state index is 0. The van der Waals surface area contributed by atoms with Crippen LogP contribution in [0.4, 0.5) is 0 Å². The van der Waals surface area contributed by atoms with Crippen molar-refractivity contribution in [3.8, 4) is 11.5 Å². The van der Waals surface area contributed by atoms with Crippen molar-refractivity contribution in [3.63, 3.8) is 0 Å². The Kier molecular flexibility index (Phi) is 9.77. The highest BCUT2D eigenvalue weighted by atomic mass is 127. The Hall–Kier alpha value is -1.94. The molecule has 1 aliphatic heterocycles. The molecule has 2 heterocycles. The molecule has 0 saturated carbocycles. The number of furan rings is 1. The minimum Gasteiger partial charge on any atom is -0.493 e. The molecule has 1 unspecified atom stereocenters. The SMILES string of the molecule is CN=C(NCc1ccc(OC)c(OC)c1)NCC(c1ccc(C)o1)N1CCCC1.I. The second-order valence-corrected chi connectivity index (χ2v) is 7.20. The van der Waals surface area contributed by atoms with Gasteiger partial charge in [0.1, 0.15) is 11.5 Å². The van der Waals surface area contributed by atoms with E-state index in [0.29, 0.717) is 6.54 Å². The van der Waals surface area contributed by atoms with Crippen LogP contribution in [0.2, 0.25) is 0 Å². The standard InChI is InChI=1S/C22H32N4O3.HI/c1-16-7-9-19(29-16)18(26-11-5-6-12-26)15-25-22(23-2)24-14-17-8-10-20(27-3)21(13-17)28-4;/h7-10,13,18H,5-6,11-12,14-15H2,1-4H3,(H2,23,24,25);1H. The quantitative estimate of drug-likeness (QED) is 0.309. The molecule has 1 aliphatic rings. The molecule has 8 heteroatoms. The summed E-state index contributed by atoms with van der Waals surface area (Å²) >= 11 is 0. The van der Waals surface area contributed by atoms with Gasteiger partial charge >= 0.3 is 0 Å². The normalized spacial score (nSPS) is 15.4. The zero-order valence-corrected chi connectivity index (χ0v) is 20.6. The molecule has 1 fully saturated rings.